The van der Waals surface area contributed by atoms with Gasteiger partial charge in [-0.1, -0.05) is 70.9 Å². The van der Waals surface area contributed by atoms with E-state index in [0.29, 0.717) is 0 Å². The second-order valence-electron chi connectivity index (χ2n) is 6.44. The maximum Gasteiger partial charge on any atom is 0.306 e. The molecule has 0 rings (SSSR count). The largest absolute Gasteiger partial charge is 0.481 e. The zero-order valence-corrected chi connectivity index (χ0v) is 14.6. The van der Waals surface area contributed by atoms with Crippen LogP contribution in [0.5, 0.6) is 0 Å². The fourth-order valence-electron chi connectivity index (χ4n) is 2.49. The van der Waals surface area contributed by atoms with Gasteiger partial charge in [-0.05, 0) is 32.1 Å². The van der Waals surface area contributed by atoms with Crippen LogP contribution in [0, 0.1) is 5.92 Å². The quantitative estimate of drug-likeness (QED) is 0.317. The number of carbonyl (C=O) groups is 1. The third-order valence-corrected chi connectivity index (χ3v) is 4.15. The number of aliphatic carboxylic acids is 1. The van der Waals surface area contributed by atoms with Crippen LogP contribution >= 0.6 is 0 Å². The molecule has 0 radical (unpaired) electrons. The molecule has 0 saturated heterocycles. The summed E-state index contributed by atoms with van der Waals surface area (Å²) in [4.78, 5) is 10.7. The number of hydrogen-bond acceptors (Lipinski definition) is 2. The zero-order chi connectivity index (χ0) is 16.6. The molecule has 0 aromatic heterocycles. The summed E-state index contributed by atoms with van der Waals surface area (Å²) in [5.41, 5.74) is 0. The third kappa shape index (κ3) is 14.1. The first-order chi connectivity index (χ1) is 10.6. The van der Waals surface area contributed by atoms with Crippen LogP contribution < -0.4 is 0 Å². The predicted octanol–water partition coefficient (Wildman–Crippen LogP) is 5.33. The summed E-state index contributed by atoms with van der Waals surface area (Å²) < 4.78 is 0. The van der Waals surface area contributed by atoms with Gasteiger partial charge in [0, 0.05) is 0 Å². The summed E-state index contributed by atoms with van der Waals surface area (Å²) in [6, 6.07) is 0. The number of aliphatic hydroxyl groups excluding tert-OH is 1. The van der Waals surface area contributed by atoms with Gasteiger partial charge in [0.2, 0.25) is 0 Å². The molecule has 0 bridgehead atoms. The van der Waals surface area contributed by atoms with Gasteiger partial charge in [-0.3, -0.25) is 4.79 Å². The summed E-state index contributed by atoms with van der Waals surface area (Å²) in [5.74, 6) is -0.894. The molecule has 3 heteroatoms. The maximum atomic E-state index is 10.7. The van der Waals surface area contributed by atoms with Crippen LogP contribution in [0.25, 0.3) is 0 Å². The summed E-state index contributed by atoms with van der Waals surface area (Å²) in [5, 5.41) is 18.6. The molecule has 0 aromatic carbocycles. The standard InChI is InChI=1S/C19H36O3/c1-3-4-5-12-15-18(20)16-13-10-8-6-7-9-11-14-17(2)19(21)22/h10,13,17-18,20H,3-9,11-12,14-16H2,1-2H3,(H,21,22)/t17?,18-/m1/s1. The summed E-state index contributed by atoms with van der Waals surface area (Å²) in [7, 11) is 0. The third-order valence-electron chi connectivity index (χ3n) is 4.15. The van der Waals surface area contributed by atoms with Gasteiger partial charge in [-0.25, -0.2) is 0 Å². The number of hydrogen-bond donors (Lipinski definition) is 2. The topological polar surface area (TPSA) is 57.5 Å². The number of unbranched alkanes of at least 4 members (excludes halogenated alkanes) is 7. The fraction of sp³-hybridized carbons (Fsp3) is 0.842. The molecule has 0 aliphatic rings. The Hall–Kier alpha value is -0.830. The summed E-state index contributed by atoms with van der Waals surface area (Å²) in [6.45, 7) is 3.98. The van der Waals surface area contributed by atoms with Crippen LogP contribution in [0.2, 0.25) is 0 Å². The Morgan fingerprint density at radius 1 is 0.955 bits per heavy atom. The first kappa shape index (κ1) is 21.2. The molecule has 0 aliphatic heterocycles. The SMILES string of the molecule is CCCCCC[C@@H](O)CC=CCCCCCCC(C)C(=O)O. The van der Waals surface area contributed by atoms with Gasteiger partial charge in [0.15, 0.2) is 0 Å². The Morgan fingerprint density at radius 3 is 2.27 bits per heavy atom. The Kier molecular flexibility index (Phi) is 14.5. The molecule has 0 fully saturated rings. The molecular formula is C19H36O3. The average Bonchev–Trinajstić information content (AvgIpc) is 2.49. The van der Waals surface area contributed by atoms with Crippen molar-refractivity contribution in [1.82, 2.24) is 0 Å². The van der Waals surface area contributed by atoms with Crippen molar-refractivity contribution in [2.75, 3.05) is 0 Å². The second-order valence-corrected chi connectivity index (χ2v) is 6.44. The molecule has 0 aliphatic carbocycles. The van der Waals surface area contributed by atoms with Gasteiger partial charge in [0.05, 0.1) is 12.0 Å². The van der Waals surface area contributed by atoms with Crippen molar-refractivity contribution in [2.24, 2.45) is 5.92 Å². The number of carboxylic acid groups (broad SMARTS) is 1. The van der Waals surface area contributed by atoms with E-state index >= 15 is 0 Å². The second kappa shape index (κ2) is 15.1. The van der Waals surface area contributed by atoms with Gasteiger partial charge in [-0.2, -0.15) is 0 Å². The van der Waals surface area contributed by atoms with Crippen molar-refractivity contribution in [3.63, 3.8) is 0 Å². The smallest absolute Gasteiger partial charge is 0.306 e. The van der Waals surface area contributed by atoms with E-state index in [1.165, 1.54) is 19.3 Å². The molecule has 2 N–H and O–H groups in total. The minimum Gasteiger partial charge on any atom is -0.481 e. The molecule has 0 amide bonds. The lowest BCUT2D eigenvalue weighted by Crippen LogP contribution is -2.08. The van der Waals surface area contributed by atoms with Gasteiger partial charge in [-0.15, -0.1) is 0 Å². The van der Waals surface area contributed by atoms with Crippen LogP contribution in [0.3, 0.4) is 0 Å². The molecule has 130 valence electrons. The lowest BCUT2D eigenvalue weighted by molar-refractivity contribution is -0.141. The van der Waals surface area contributed by atoms with E-state index in [2.05, 4.69) is 19.1 Å². The van der Waals surface area contributed by atoms with E-state index in [1.54, 1.807) is 6.92 Å². The zero-order valence-electron chi connectivity index (χ0n) is 14.6. The Labute approximate surface area is 136 Å². The van der Waals surface area contributed by atoms with Gasteiger partial charge in [0.1, 0.15) is 0 Å². The number of aliphatic hydroxyl groups is 1. The van der Waals surface area contributed by atoms with Crippen molar-refractivity contribution in [3.05, 3.63) is 12.2 Å². The minimum absolute atomic E-state index is 0.175. The average molecular weight is 312 g/mol. The molecule has 0 heterocycles. The normalized spacial score (nSPS) is 14.3. The summed E-state index contributed by atoms with van der Waals surface area (Å²) in [6.07, 6.45) is 17.0. The van der Waals surface area contributed by atoms with Crippen molar-refractivity contribution in [1.29, 1.82) is 0 Å². The van der Waals surface area contributed by atoms with Gasteiger partial charge >= 0.3 is 5.97 Å². The van der Waals surface area contributed by atoms with Crippen LogP contribution in [0.4, 0.5) is 0 Å². The van der Waals surface area contributed by atoms with E-state index in [0.717, 1.165) is 57.8 Å². The van der Waals surface area contributed by atoms with Crippen molar-refractivity contribution in [3.8, 4) is 0 Å². The highest BCUT2D eigenvalue weighted by Gasteiger charge is 2.09. The van der Waals surface area contributed by atoms with E-state index < -0.39 is 5.97 Å². The highest BCUT2D eigenvalue weighted by molar-refractivity contribution is 5.69. The lowest BCUT2D eigenvalue weighted by atomic mass is 10.0. The maximum absolute atomic E-state index is 10.7. The Balaban J connectivity index is 3.34. The van der Waals surface area contributed by atoms with Crippen LogP contribution in [-0.2, 0) is 4.79 Å². The van der Waals surface area contributed by atoms with E-state index in [1.807, 2.05) is 0 Å². The van der Waals surface area contributed by atoms with E-state index in [-0.39, 0.29) is 12.0 Å². The van der Waals surface area contributed by atoms with Gasteiger partial charge < -0.3 is 10.2 Å². The monoisotopic (exact) mass is 312 g/mol. The van der Waals surface area contributed by atoms with E-state index in [9.17, 15) is 9.90 Å². The highest BCUT2D eigenvalue weighted by atomic mass is 16.4. The van der Waals surface area contributed by atoms with Crippen LogP contribution in [0.15, 0.2) is 12.2 Å². The number of carboxylic acids is 1. The molecule has 1 unspecified atom stereocenters. The molecule has 0 spiro atoms. The summed E-state index contributed by atoms with van der Waals surface area (Å²) >= 11 is 0. The minimum atomic E-state index is -0.684. The lowest BCUT2D eigenvalue weighted by Gasteiger charge is -2.07. The molecule has 2 atom stereocenters. The molecule has 0 aromatic rings. The number of rotatable bonds is 15. The van der Waals surface area contributed by atoms with Crippen molar-refractivity contribution >= 4 is 5.97 Å². The predicted molar refractivity (Wildman–Crippen MR) is 93.0 cm³/mol. The Bertz CT molecular complexity index is 286. The highest BCUT2D eigenvalue weighted by Crippen LogP contribution is 2.12. The van der Waals surface area contributed by atoms with Crippen LogP contribution in [0.1, 0.15) is 90.9 Å². The first-order valence-corrected chi connectivity index (χ1v) is 9.13. The molecule has 3 nitrogen and oxygen atoms in total. The number of allylic oxidation sites excluding steroid dienone is 1. The van der Waals surface area contributed by atoms with Gasteiger partial charge in [0.25, 0.3) is 0 Å². The van der Waals surface area contributed by atoms with Crippen molar-refractivity contribution < 1.29 is 15.0 Å². The van der Waals surface area contributed by atoms with E-state index in [4.69, 9.17) is 5.11 Å². The first-order valence-electron chi connectivity index (χ1n) is 9.13. The Morgan fingerprint density at radius 2 is 1.59 bits per heavy atom. The molecular weight excluding hydrogens is 276 g/mol. The van der Waals surface area contributed by atoms with Crippen LogP contribution in [-0.4, -0.2) is 22.3 Å². The molecule has 0 saturated carbocycles. The molecule has 22 heavy (non-hydrogen) atoms. The van der Waals surface area contributed by atoms with Crippen molar-refractivity contribution in [2.45, 2.75) is 97.0 Å². The fourth-order valence-corrected chi connectivity index (χ4v) is 2.49.